The van der Waals surface area contributed by atoms with Crippen molar-refractivity contribution in [2.24, 2.45) is 0 Å². The Labute approximate surface area is 118 Å². The second kappa shape index (κ2) is 5.94. The lowest BCUT2D eigenvalue weighted by Crippen LogP contribution is -2.59. The Morgan fingerprint density at radius 3 is 2.45 bits per heavy atom. The van der Waals surface area contributed by atoms with Gasteiger partial charge in [0.25, 0.3) is 0 Å². The zero-order valence-electron chi connectivity index (χ0n) is 11.8. The summed E-state index contributed by atoms with van der Waals surface area (Å²) in [5.74, 6) is -0.839. The Balaban J connectivity index is 2.27. The van der Waals surface area contributed by atoms with Crippen molar-refractivity contribution in [1.82, 2.24) is 4.90 Å². The molecule has 0 saturated carbocycles. The van der Waals surface area contributed by atoms with Crippen molar-refractivity contribution in [1.29, 1.82) is 0 Å². The molecule has 1 saturated heterocycles. The normalized spacial score (nSPS) is 22.7. The summed E-state index contributed by atoms with van der Waals surface area (Å²) in [6, 6.07) is 9.69. The maximum Gasteiger partial charge on any atom is 0.305 e. The highest BCUT2D eigenvalue weighted by Gasteiger charge is 2.34. The van der Waals surface area contributed by atoms with Crippen LogP contribution in [0.5, 0.6) is 0 Å². The monoisotopic (exact) mass is 276 g/mol. The van der Waals surface area contributed by atoms with Crippen LogP contribution in [0.3, 0.4) is 0 Å². The van der Waals surface area contributed by atoms with Gasteiger partial charge in [0, 0.05) is 31.7 Å². The summed E-state index contributed by atoms with van der Waals surface area (Å²) in [5.41, 5.74) is 1.01. The number of hydrogen-bond acceptors (Lipinski definition) is 3. The molecule has 5 nitrogen and oxygen atoms in total. The number of aliphatic carboxylic acids is 1. The molecule has 20 heavy (non-hydrogen) atoms. The van der Waals surface area contributed by atoms with E-state index in [0.717, 1.165) is 5.69 Å². The summed E-state index contributed by atoms with van der Waals surface area (Å²) in [6.07, 6.45) is 0.0308. The zero-order chi connectivity index (χ0) is 14.7. The molecule has 1 aliphatic heterocycles. The number of para-hydroxylation sites is 1. The average Bonchev–Trinajstić information content (AvgIpc) is 2.38. The molecule has 1 aliphatic rings. The maximum atomic E-state index is 11.6. The van der Waals surface area contributed by atoms with Crippen molar-refractivity contribution in [3.05, 3.63) is 30.3 Å². The summed E-state index contributed by atoms with van der Waals surface area (Å²) >= 11 is 0. The fourth-order valence-electron chi connectivity index (χ4n) is 2.87. The van der Waals surface area contributed by atoms with E-state index in [0.29, 0.717) is 13.1 Å². The first-order valence-electron chi connectivity index (χ1n) is 6.79. The highest BCUT2D eigenvalue weighted by molar-refractivity contribution is 5.74. The molecule has 5 heteroatoms. The van der Waals surface area contributed by atoms with Crippen LogP contribution in [-0.4, -0.2) is 47.1 Å². The van der Waals surface area contributed by atoms with E-state index in [1.165, 1.54) is 6.92 Å². The number of anilines is 1. The predicted molar refractivity (Wildman–Crippen MR) is 76.7 cm³/mol. The van der Waals surface area contributed by atoms with Crippen LogP contribution in [-0.2, 0) is 9.59 Å². The summed E-state index contributed by atoms with van der Waals surface area (Å²) in [7, 11) is 0. The molecule has 2 rings (SSSR count). The van der Waals surface area contributed by atoms with E-state index >= 15 is 0 Å². The lowest BCUT2D eigenvalue weighted by molar-refractivity contribution is -0.139. The smallest absolute Gasteiger partial charge is 0.305 e. The van der Waals surface area contributed by atoms with Crippen LogP contribution in [0, 0.1) is 0 Å². The van der Waals surface area contributed by atoms with Crippen molar-refractivity contribution in [3.8, 4) is 0 Å². The van der Waals surface area contributed by atoms with Crippen LogP contribution in [0.2, 0.25) is 0 Å². The molecule has 1 fully saturated rings. The lowest BCUT2D eigenvalue weighted by atomic mass is 10.0. The van der Waals surface area contributed by atoms with Gasteiger partial charge in [-0.1, -0.05) is 18.2 Å². The van der Waals surface area contributed by atoms with Crippen molar-refractivity contribution >= 4 is 17.6 Å². The number of rotatable bonds is 3. The van der Waals surface area contributed by atoms with E-state index in [9.17, 15) is 9.59 Å². The third-order valence-corrected chi connectivity index (χ3v) is 3.69. The standard InChI is InChI=1S/C15H20N2O3/c1-11-9-16(12(2)18)10-14(8-15(19)20)17(11)13-6-4-3-5-7-13/h3-7,11,14H,8-10H2,1-2H3,(H,19,20)/t11-,14+/m0/s1. The molecule has 108 valence electrons. The number of nitrogens with zero attached hydrogens (tertiary/aromatic N) is 2. The molecule has 1 N–H and O–H groups in total. The van der Waals surface area contributed by atoms with E-state index in [4.69, 9.17) is 5.11 Å². The number of benzene rings is 1. The van der Waals surface area contributed by atoms with E-state index in [2.05, 4.69) is 4.90 Å². The third kappa shape index (κ3) is 3.10. The van der Waals surface area contributed by atoms with E-state index in [1.54, 1.807) is 4.90 Å². The minimum Gasteiger partial charge on any atom is -0.481 e. The first-order valence-corrected chi connectivity index (χ1v) is 6.79. The maximum absolute atomic E-state index is 11.6. The molecule has 2 atom stereocenters. The van der Waals surface area contributed by atoms with Crippen LogP contribution in [0.15, 0.2) is 30.3 Å². The molecule has 0 aromatic heterocycles. The number of carboxylic acid groups (broad SMARTS) is 1. The van der Waals surface area contributed by atoms with Gasteiger partial charge in [0.15, 0.2) is 0 Å². The van der Waals surface area contributed by atoms with Gasteiger partial charge in [-0.3, -0.25) is 9.59 Å². The summed E-state index contributed by atoms with van der Waals surface area (Å²) in [4.78, 5) is 26.5. The van der Waals surface area contributed by atoms with Gasteiger partial charge >= 0.3 is 5.97 Å². The Kier molecular flexibility index (Phi) is 4.27. The minimum absolute atomic E-state index is 0.0000459. The van der Waals surface area contributed by atoms with Crippen molar-refractivity contribution in [2.75, 3.05) is 18.0 Å². The zero-order valence-corrected chi connectivity index (χ0v) is 11.8. The van der Waals surface area contributed by atoms with E-state index in [1.807, 2.05) is 37.3 Å². The molecular formula is C15H20N2O3. The first kappa shape index (κ1) is 14.4. The third-order valence-electron chi connectivity index (χ3n) is 3.69. The molecule has 1 aromatic carbocycles. The Hall–Kier alpha value is -2.04. The Morgan fingerprint density at radius 1 is 1.25 bits per heavy atom. The lowest BCUT2D eigenvalue weighted by Gasteiger charge is -2.46. The van der Waals surface area contributed by atoms with Crippen LogP contribution >= 0.6 is 0 Å². The highest BCUT2D eigenvalue weighted by Crippen LogP contribution is 2.26. The molecular weight excluding hydrogens is 256 g/mol. The van der Waals surface area contributed by atoms with Gasteiger partial charge in [-0.15, -0.1) is 0 Å². The Bertz CT molecular complexity index is 489. The van der Waals surface area contributed by atoms with Crippen molar-refractivity contribution in [2.45, 2.75) is 32.4 Å². The number of amides is 1. The average molecular weight is 276 g/mol. The molecule has 1 amide bonds. The fraction of sp³-hybridized carbons (Fsp3) is 0.467. The number of piperazine rings is 1. The molecule has 0 aliphatic carbocycles. The highest BCUT2D eigenvalue weighted by atomic mass is 16.4. The van der Waals surface area contributed by atoms with Crippen LogP contribution in [0.4, 0.5) is 5.69 Å². The molecule has 0 bridgehead atoms. The van der Waals surface area contributed by atoms with Gasteiger partial charge < -0.3 is 14.9 Å². The Morgan fingerprint density at radius 2 is 1.90 bits per heavy atom. The second-order valence-electron chi connectivity index (χ2n) is 5.27. The predicted octanol–water partition coefficient (Wildman–Crippen LogP) is 1.59. The molecule has 1 aromatic rings. The van der Waals surface area contributed by atoms with E-state index in [-0.39, 0.29) is 24.4 Å². The topological polar surface area (TPSA) is 60.9 Å². The fourth-order valence-corrected chi connectivity index (χ4v) is 2.87. The summed E-state index contributed by atoms with van der Waals surface area (Å²) < 4.78 is 0. The largest absolute Gasteiger partial charge is 0.481 e. The van der Waals surface area contributed by atoms with Crippen LogP contribution in [0.1, 0.15) is 20.3 Å². The van der Waals surface area contributed by atoms with E-state index < -0.39 is 5.97 Å². The number of carboxylic acids is 1. The molecule has 0 spiro atoms. The quantitative estimate of drug-likeness (QED) is 0.910. The van der Waals surface area contributed by atoms with Crippen LogP contribution in [0.25, 0.3) is 0 Å². The number of carbonyl (C=O) groups is 2. The van der Waals surface area contributed by atoms with Crippen LogP contribution < -0.4 is 4.90 Å². The first-order chi connectivity index (χ1) is 9.49. The van der Waals surface area contributed by atoms with Gasteiger partial charge in [-0.25, -0.2) is 0 Å². The van der Waals surface area contributed by atoms with Gasteiger partial charge in [0.05, 0.1) is 12.5 Å². The van der Waals surface area contributed by atoms with Gasteiger partial charge in [0.1, 0.15) is 0 Å². The van der Waals surface area contributed by atoms with Crippen molar-refractivity contribution < 1.29 is 14.7 Å². The molecule has 1 heterocycles. The van der Waals surface area contributed by atoms with Gasteiger partial charge in [-0.2, -0.15) is 0 Å². The SMILES string of the molecule is CC(=O)N1C[C@@H](CC(=O)O)N(c2ccccc2)[C@@H](C)C1. The number of hydrogen-bond donors (Lipinski definition) is 1. The molecule has 0 radical (unpaired) electrons. The van der Waals surface area contributed by atoms with Gasteiger partial charge in [-0.05, 0) is 19.1 Å². The summed E-state index contributed by atoms with van der Waals surface area (Å²) in [6.45, 7) is 4.64. The second-order valence-corrected chi connectivity index (χ2v) is 5.27. The van der Waals surface area contributed by atoms with Crippen molar-refractivity contribution in [3.63, 3.8) is 0 Å². The molecule has 0 unspecified atom stereocenters. The summed E-state index contributed by atoms with van der Waals surface area (Å²) in [5, 5.41) is 9.11. The van der Waals surface area contributed by atoms with Gasteiger partial charge in [0.2, 0.25) is 5.91 Å². The number of carbonyl (C=O) groups excluding carboxylic acids is 1. The minimum atomic E-state index is -0.839.